The molecule has 1 saturated heterocycles. The fourth-order valence-corrected chi connectivity index (χ4v) is 4.47. The van der Waals surface area contributed by atoms with E-state index in [2.05, 4.69) is 15.2 Å². The average Bonchev–Trinajstić information content (AvgIpc) is 2.64. The van der Waals surface area contributed by atoms with Crippen LogP contribution in [0.15, 0.2) is 29.3 Å². The summed E-state index contributed by atoms with van der Waals surface area (Å²) in [6.07, 6.45) is -1.03. The lowest BCUT2D eigenvalue weighted by Crippen LogP contribution is -2.57. The molecule has 0 radical (unpaired) electrons. The topological polar surface area (TPSA) is 62.9 Å². The summed E-state index contributed by atoms with van der Waals surface area (Å²) in [6, 6.07) is 8.46. The summed E-state index contributed by atoms with van der Waals surface area (Å²) >= 11 is 0. The molecule has 2 aliphatic heterocycles. The summed E-state index contributed by atoms with van der Waals surface area (Å²) in [7, 11) is 0. The highest BCUT2D eigenvalue weighted by Gasteiger charge is 2.43. The first-order valence-electron chi connectivity index (χ1n) is 10.0. The van der Waals surface area contributed by atoms with Gasteiger partial charge in [0.1, 0.15) is 5.75 Å². The highest BCUT2D eigenvalue weighted by Crippen LogP contribution is 2.37. The molecule has 3 N–H and O–H groups in total. The Morgan fingerprint density at radius 2 is 1.86 bits per heavy atom. The molecule has 1 saturated carbocycles. The van der Waals surface area contributed by atoms with E-state index >= 15 is 0 Å². The Morgan fingerprint density at radius 1 is 1.14 bits per heavy atom. The summed E-state index contributed by atoms with van der Waals surface area (Å²) in [4.78, 5) is 6.84. The lowest BCUT2D eigenvalue weighted by molar-refractivity contribution is -0.187. The van der Waals surface area contributed by atoms with Gasteiger partial charge in [-0.1, -0.05) is 18.2 Å². The van der Waals surface area contributed by atoms with Gasteiger partial charge >= 0.3 is 6.18 Å². The molecule has 1 unspecified atom stereocenters. The summed E-state index contributed by atoms with van der Waals surface area (Å²) in [5.74, 6) is 0.157. The van der Waals surface area contributed by atoms with Crippen molar-refractivity contribution in [1.29, 1.82) is 0 Å². The third-order valence-electron chi connectivity index (χ3n) is 6.20. The lowest BCUT2D eigenvalue weighted by atomic mass is 9.83. The van der Waals surface area contributed by atoms with E-state index < -0.39 is 12.1 Å². The van der Waals surface area contributed by atoms with E-state index in [9.17, 15) is 13.2 Å². The van der Waals surface area contributed by atoms with E-state index in [-0.39, 0.29) is 24.9 Å². The minimum absolute atomic E-state index is 0.00489. The van der Waals surface area contributed by atoms with Gasteiger partial charge in [-0.2, -0.15) is 13.2 Å². The Kier molecular flexibility index (Phi) is 5.40. The van der Waals surface area contributed by atoms with Crippen LogP contribution in [0.1, 0.15) is 43.7 Å². The van der Waals surface area contributed by atoms with Gasteiger partial charge in [0.2, 0.25) is 0 Å². The standard InChI is InChI=1S/C20H27F3N4O/c21-20(22,23)13-5-8-27(9-6-13)15-11-14(12-15)25-19(24)26-17-7-10-28-18-4-2-1-3-16(17)18/h1-4,13-15,17H,5-12H2,(H3,24,25,26). The second-order valence-electron chi connectivity index (χ2n) is 8.02. The highest BCUT2D eigenvalue weighted by atomic mass is 19.4. The maximum absolute atomic E-state index is 12.8. The van der Waals surface area contributed by atoms with Gasteiger partial charge in [-0.25, -0.2) is 4.99 Å². The Bertz CT molecular complexity index is 710. The smallest absolute Gasteiger partial charge is 0.391 e. The van der Waals surface area contributed by atoms with Crippen molar-refractivity contribution < 1.29 is 17.9 Å². The molecule has 1 aromatic rings. The first kappa shape index (κ1) is 19.4. The minimum atomic E-state index is -4.05. The number of piperidine rings is 1. The molecule has 0 aromatic heterocycles. The number of hydrogen-bond donors (Lipinski definition) is 2. The van der Waals surface area contributed by atoms with Crippen molar-refractivity contribution in [3.05, 3.63) is 29.8 Å². The van der Waals surface area contributed by atoms with Gasteiger partial charge in [0, 0.05) is 24.1 Å². The number of alkyl halides is 3. The molecule has 2 heterocycles. The average molecular weight is 396 g/mol. The number of fused-ring (bicyclic) bond motifs is 1. The van der Waals surface area contributed by atoms with Crippen LogP contribution in [0.2, 0.25) is 0 Å². The van der Waals surface area contributed by atoms with E-state index in [0.29, 0.717) is 31.7 Å². The number of nitrogens with two attached hydrogens (primary N) is 1. The first-order chi connectivity index (χ1) is 13.4. The van der Waals surface area contributed by atoms with Crippen LogP contribution in [0, 0.1) is 5.92 Å². The second kappa shape index (κ2) is 7.81. The van der Waals surface area contributed by atoms with Crippen LogP contribution >= 0.6 is 0 Å². The minimum Gasteiger partial charge on any atom is -0.493 e. The second-order valence-corrected chi connectivity index (χ2v) is 8.02. The highest BCUT2D eigenvalue weighted by molar-refractivity contribution is 5.78. The normalized spacial score (nSPS) is 29.5. The van der Waals surface area contributed by atoms with Gasteiger partial charge in [-0.15, -0.1) is 0 Å². The SMILES string of the molecule is NC(=NC1CCOc2ccccc21)NC1CC(N2CCC(C(F)(F)F)CC2)C1. The molecular weight excluding hydrogens is 369 g/mol. The molecule has 2 fully saturated rings. The van der Waals surface area contributed by atoms with Crippen LogP contribution < -0.4 is 15.8 Å². The lowest BCUT2D eigenvalue weighted by Gasteiger charge is -2.46. The molecule has 154 valence electrons. The largest absolute Gasteiger partial charge is 0.493 e. The number of guanidine groups is 1. The number of halogens is 3. The summed E-state index contributed by atoms with van der Waals surface area (Å²) in [5, 5.41) is 3.28. The predicted molar refractivity (Wildman–Crippen MR) is 101 cm³/mol. The van der Waals surface area contributed by atoms with Gasteiger partial charge in [-0.3, -0.25) is 0 Å². The quantitative estimate of drug-likeness (QED) is 0.608. The molecule has 0 spiro atoms. The molecule has 1 aromatic carbocycles. The number of rotatable bonds is 3. The molecule has 1 aliphatic carbocycles. The van der Waals surface area contributed by atoms with Gasteiger partial charge in [0.05, 0.1) is 18.6 Å². The molecule has 5 nitrogen and oxygen atoms in total. The van der Waals surface area contributed by atoms with Crippen molar-refractivity contribution in [1.82, 2.24) is 10.2 Å². The zero-order valence-electron chi connectivity index (χ0n) is 15.8. The predicted octanol–water partition coefficient (Wildman–Crippen LogP) is 3.22. The molecule has 0 amide bonds. The van der Waals surface area contributed by atoms with Crippen molar-refractivity contribution in [3.63, 3.8) is 0 Å². The molecule has 28 heavy (non-hydrogen) atoms. The Balaban J connectivity index is 1.25. The molecule has 8 heteroatoms. The van der Waals surface area contributed by atoms with Crippen LogP contribution in [-0.2, 0) is 0 Å². The number of likely N-dealkylation sites (tertiary alicyclic amines) is 1. The van der Waals surface area contributed by atoms with Crippen molar-refractivity contribution in [2.45, 2.75) is 56.4 Å². The van der Waals surface area contributed by atoms with E-state index in [0.717, 1.165) is 30.6 Å². The number of benzene rings is 1. The van der Waals surface area contributed by atoms with Gasteiger partial charge in [0.25, 0.3) is 0 Å². The van der Waals surface area contributed by atoms with E-state index in [1.807, 2.05) is 24.3 Å². The number of hydrogen-bond acceptors (Lipinski definition) is 3. The Hall–Kier alpha value is -1.96. The zero-order valence-corrected chi connectivity index (χ0v) is 15.8. The van der Waals surface area contributed by atoms with E-state index in [1.54, 1.807) is 0 Å². The number of nitrogens with zero attached hydrogens (tertiary/aromatic N) is 2. The summed E-state index contributed by atoms with van der Waals surface area (Å²) < 4.78 is 44.0. The Labute approximate surface area is 163 Å². The van der Waals surface area contributed by atoms with Crippen molar-refractivity contribution in [2.24, 2.45) is 16.6 Å². The number of aliphatic imine (C=N–C) groups is 1. The van der Waals surface area contributed by atoms with Crippen LogP contribution in [0.3, 0.4) is 0 Å². The van der Waals surface area contributed by atoms with Crippen LogP contribution in [0.4, 0.5) is 13.2 Å². The maximum atomic E-state index is 12.8. The molecule has 3 aliphatic rings. The Morgan fingerprint density at radius 3 is 2.57 bits per heavy atom. The number of ether oxygens (including phenoxy) is 1. The molecule has 4 rings (SSSR count). The van der Waals surface area contributed by atoms with Gasteiger partial charge in [0.15, 0.2) is 5.96 Å². The van der Waals surface area contributed by atoms with Crippen LogP contribution in [0.25, 0.3) is 0 Å². The maximum Gasteiger partial charge on any atom is 0.391 e. The third-order valence-corrected chi connectivity index (χ3v) is 6.20. The monoisotopic (exact) mass is 396 g/mol. The van der Waals surface area contributed by atoms with Crippen molar-refractivity contribution in [2.75, 3.05) is 19.7 Å². The number of para-hydroxylation sites is 1. The molecular formula is C20H27F3N4O. The first-order valence-corrected chi connectivity index (χ1v) is 10.0. The van der Waals surface area contributed by atoms with E-state index in [4.69, 9.17) is 10.5 Å². The fourth-order valence-electron chi connectivity index (χ4n) is 4.47. The fraction of sp³-hybridized carbons (Fsp3) is 0.650. The zero-order chi connectivity index (χ0) is 19.7. The van der Waals surface area contributed by atoms with Crippen LogP contribution in [-0.4, -0.2) is 48.8 Å². The summed E-state index contributed by atoms with van der Waals surface area (Å²) in [5.41, 5.74) is 7.17. The van der Waals surface area contributed by atoms with Gasteiger partial charge < -0.3 is 20.7 Å². The van der Waals surface area contributed by atoms with Crippen molar-refractivity contribution in [3.8, 4) is 5.75 Å². The van der Waals surface area contributed by atoms with Crippen LogP contribution in [0.5, 0.6) is 5.75 Å². The summed E-state index contributed by atoms with van der Waals surface area (Å²) in [6.45, 7) is 1.69. The molecule has 1 atom stereocenters. The number of nitrogens with one attached hydrogen (secondary N) is 1. The third kappa shape index (κ3) is 4.21. The van der Waals surface area contributed by atoms with Gasteiger partial charge in [-0.05, 0) is 44.8 Å². The van der Waals surface area contributed by atoms with Crippen molar-refractivity contribution >= 4 is 5.96 Å². The van der Waals surface area contributed by atoms with E-state index in [1.165, 1.54) is 0 Å². The molecule has 0 bridgehead atoms.